The monoisotopic (exact) mass is 282 g/mol. The van der Waals surface area contributed by atoms with E-state index in [1.54, 1.807) is 0 Å². The van der Waals surface area contributed by atoms with Gasteiger partial charge >= 0.3 is 0 Å². The summed E-state index contributed by atoms with van der Waals surface area (Å²) in [5.41, 5.74) is 11.0. The first-order chi connectivity index (χ1) is 9.34. The molecule has 0 radical (unpaired) electrons. The van der Waals surface area contributed by atoms with Gasteiger partial charge in [0.05, 0.1) is 5.54 Å². The van der Waals surface area contributed by atoms with Crippen molar-refractivity contribution in [2.45, 2.75) is 57.2 Å². The summed E-state index contributed by atoms with van der Waals surface area (Å²) >= 11 is 0. The van der Waals surface area contributed by atoms with E-state index in [0.717, 1.165) is 45.3 Å². The van der Waals surface area contributed by atoms with E-state index >= 15 is 0 Å². The standard InChI is InChI=1S/C15H30N4O/c1-11-9-19(10-12(2)18(11)3)8-6-13-5-4-7-15(13,17)14(16)20/h11-13H,4-10,17H2,1-3H3,(H2,16,20). The van der Waals surface area contributed by atoms with Gasteiger partial charge in [0.2, 0.25) is 5.91 Å². The van der Waals surface area contributed by atoms with Gasteiger partial charge in [-0.25, -0.2) is 0 Å². The first-order valence-corrected chi connectivity index (χ1v) is 7.87. The summed E-state index contributed by atoms with van der Waals surface area (Å²) in [4.78, 5) is 16.6. The molecule has 2 rings (SSSR count). The van der Waals surface area contributed by atoms with Crippen LogP contribution in [-0.4, -0.2) is 60.0 Å². The lowest BCUT2D eigenvalue weighted by Crippen LogP contribution is -2.57. The molecule has 4 unspecified atom stereocenters. The Morgan fingerprint density at radius 3 is 2.45 bits per heavy atom. The Bertz CT molecular complexity index is 350. The largest absolute Gasteiger partial charge is 0.368 e. The molecule has 5 heteroatoms. The number of likely N-dealkylation sites (N-methyl/N-ethyl adjacent to an activating group) is 1. The Labute approximate surface area is 122 Å². The quantitative estimate of drug-likeness (QED) is 0.782. The van der Waals surface area contributed by atoms with Gasteiger partial charge in [0, 0.05) is 25.2 Å². The molecule has 4 N–H and O–H groups in total. The van der Waals surface area contributed by atoms with Crippen LogP contribution in [0.5, 0.6) is 0 Å². The third-order valence-electron chi connectivity index (χ3n) is 5.56. The molecule has 2 aliphatic rings. The SMILES string of the molecule is CC1CN(CCC2CCCC2(N)C(N)=O)CC(C)N1C. The predicted molar refractivity (Wildman–Crippen MR) is 81.2 cm³/mol. The van der Waals surface area contributed by atoms with Crippen molar-refractivity contribution in [3.05, 3.63) is 0 Å². The summed E-state index contributed by atoms with van der Waals surface area (Å²) in [6, 6.07) is 1.17. The highest BCUT2D eigenvalue weighted by atomic mass is 16.1. The van der Waals surface area contributed by atoms with E-state index in [9.17, 15) is 4.79 Å². The summed E-state index contributed by atoms with van der Waals surface area (Å²) < 4.78 is 0. The van der Waals surface area contributed by atoms with E-state index in [-0.39, 0.29) is 11.8 Å². The minimum absolute atomic E-state index is 0.255. The highest BCUT2D eigenvalue weighted by molar-refractivity contribution is 5.85. The summed E-state index contributed by atoms with van der Waals surface area (Å²) in [5.74, 6) is -0.0645. The molecule has 0 bridgehead atoms. The molecule has 1 heterocycles. The first kappa shape index (κ1) is 15.7. The highest BCUT2D eigenvalue weighted by Crippen LogP contribution is 2.36. The number of carbonyl (C=O) groups is 1. The van der Waals surface area contributed by atoms with Crippen LogP contribution in [0, 0.1) is 5.92 Å². The summed E-state index contributed by atoms with van der Waals surface area (Å²) in [6.45, 7) is 7.77. The van der Waals surface area contributed by atoms with Crippen LogP contribution in [0.2, 0.25) is 0 Å². The third-order valence-corrected chi connectivity index (χ3v) is 5.56. The zero-order valence-corrected chi connectivity index (χ0v) is 13.1. The van der Waals surface area contributed by atoms with Crippen LogP contribution >= 0.6 is 0 Å². The van der Waals surface area contributed by atoms with Gasteiger partial charge in [-0.2, -0.15) is 0 Å². The molecule has 1 aliphatic carbocycles. The van der Waals surface area contributed by atoms with Crippen LogP contribution in [0.15, 0.2) is 0 Å². The minimum atomic E-state index is -0.760. The lowest BCUT2D eigenvalue weighted by atomic mass is 9.85. The molecule has 20 heavy (non-hydrogen) atoms. The Kier molecular flexibility index (Phi) is 4.72. The molecule has 5 nitrogen and oxygen atoms in total. The molecule has 1 saturated carbocycles. The maximum atomic E-state index is 11.6. The number of carbonyl (C=O) groups excluding carboxylic acids is 1. The van der Waals surface area contributed by atoms with Crippen molar-refractivity contribution in [2.24, 2.45) is 17.4 Å². The second-order valence-electron chi connectivity index (χ2n) is 6.91. The van der Waals surface area contributed by atoms with E-state index in [2.05, 4.69) is 30.7 Å². The number of amides is 1. The zero-order valence-electron chi connectivity index (χ0n) is 13.1. The van der Waals surface area contributed by atoms with Crippen LogP contribution in [0.4, 0.5) is 0 Å². The summed E-state index contributed by atoms with van der Waals surface area (Å²) in [6.07, 6.45) is 3.81. The summed E-state index contributed by atoms with van der Waals surface area (Å²) in [5, 5.41) is 0. The maximum Gasteiger partial charge on any atom is 0.237 e. The maximum absolute atomic E-state index is 11.6. The van der Waals surface area contributed by atoms with Gasteiger partial charge in [-0.15, -0.1) is 0 Å². The second kappa shape index (κ2) is 6.00. The smallest absolute Gasteiger partial charge is 0.237 e. The van der Waals surface area contributed by atoms with Crippen molar-refractivity contribution in [1.82, 2.24) is 9.80 Å². The fraction of sp³-hybridized carbons (Fsp3) is 0.933. The van der Waals surface area contributed by atoms with Crippen molar-refractivity contribution >= 4 is 5.91 Å². The van der Waals surface area contributed by atoms with Crippen molar-refractivity contribution in [1.29, 1.82) is 0 Å². The molecular formula is C15H30N4O. The molecule has 4 atom stereocenters. The van der Waals surface area contributed by atoms with Crippen molar-refractivity contribution < 1.29 is 4.79 Å². The third kappa shape index (κ3) is 3.00. The average Bonchev–Trinajstić information content (AvgIpc) is 2.76. The lowest BCUT2D eigenvalue weighted by molar-refractivity contribution is -0.124. The van der Waals surface area contributed by atoms with Gasteiger partial charge in [0.15, 0.2) is 0 Å². The number of piperazine rings is 1. The van der Waals surface area contributed by atoms with E-state index in [4.69, 9.17) is 11.5 Å². The number of hydrogen-bond donors (Lipinski definition) is 2. The molecule has 1 saturated heterocycles. The van der Waals surface area contributed by atoms with Crippen LogP contribution in [0.25, 0.3) is 0 Å². The molecule has 0 aromatic carbocycles. The molecule has 0 aromatic heterocycles. The normalized spacial score (nSPS) is 40.1. The first-order valence-electron chi connectivity index (χ1n) is 7.87. The van der Waals surface area contributed by atoms with Crippen molar-refractivity contribution in [3.8, 4) is 0 Å². The van der Waals surface area contributed by atoms with Gasteiger partial charge < -0.3 is 16.4 Å². The van der Waals surface area contributed by atoms with Gasteiger partial charge in [-0.3, -0.25) is 9.69 Å². The summed E-state index contributed by atoms with van der Waals surface area (Å²) in [7, 11) is 2.20. The van der Waals surface area contributed by atoms with E-state index in [1.807, 2.05) is 0 Å². The van der Waals surface area contributed by atoms with Gasteiger partial charge in [-0.1, -0.05) is 6.42 Å². The van der Waals surface area contributed by atoms with Gasteiger partial charge in [0.1, 0.15) is 0 Å². The van der Waals surface area contributed by atoms with E-state index in [1.165, 1.54) is 0 Å². The van der Waals surface area contributed by atoms with Crippen molar-refractivity contribution in [2.75, 3.05) is 26.7 Å². The number of nitrogens with two attached hydrogens (primary N) is 2. The Morgan fingerprint density at radius 1 is 1.30 bits per heavy atom. The van der Waals surface area contributed by atoms with Crippen LogP contribution < -0.4 is 11.5 Å². The molecular weight excluding hydrogens is 252 g/mol. The Hall–Kier alpha value is -0.650. The zero-order chi connectivity index (χ0) is 14.9. The van der Waals surface area contributed by atoms with Gasteiger partial charge in [-0.05, 0) is 52.6 Å². The highest BCUT2D eigenvalue weighted by Gasteiger charge is 2.44. The lowest BCUT2D eigenvalue weighted by Gasteiger charge is -2.43. The second-order valence-corrected chi connectivity index (χ2v) is 6.91. The molecule has 1 aliphatic heterocycles. The van der Waals surface area contributed by atoms with Crippen LogP contribution in [0.3, 0.4) is 0 Å². The number of nitrogens with zero attached hydrogens (tertiary/aromatic N) is 2. The fourth-order valence-electron chi connectivity index (χ4n) is 3.86. The minimum Gasteiger partial charge on any atom is -0.368 e. The van der Waals surface area contributed by atoms with Crippen LogP contribution in [-0.2, 0) is 4.79 Å². The fourth-order valence-corrected chi connectivity index (χ4v) is 3.86. The molecule has 1 amide bonds. The number of primary amides is 1. The van der Waals surface area contributed by atoms with Crippen LogP contribution in [0.1, 0.15) is 39.5 Å². The van der Waals surface area contributed by atoms with Crippen molar-refractivity contribution in [3.63, 3.8) is 0 Å². The van der Waals surface area contributed by atoms with Gasteiger partial charge in [0.25, 0.3) is 0 Å². The van der Waals surface area contributed by atoms with E-state index < -0.39 is 5.54 Å². The predicted octanol–water partition coefficient (Wildman–Crippen LogP) is 0.384. The molecule has 2 fully saturated rings. The molecule has 116 valence electrons. The Morgan fingerprint density at radius 2 is 1.90 bits per heavy atom. The van der Waals surface area contributed by atoms with E-state index in [0.29, 0.717) is 12.1 Å². The molecule has 0 spiro atoms. The number of hydrogen-bond acceptors (Lipinski definition) is 4. The Balaban J connectivity index is 1.88. The number of rotatable bonds is 4. The average molecular weight is 282 g/mol. The molecule has 0 aromatic rings. The topological polar surface area (TPSA) is 75.6 Å².